The molecular formula is C9H17ClN4O. The standard InChI is InChI=1S/C9H16N4O.ClH/c1-5(10)8-12-9(14-13-8)6-3-2-4-7(6)11;/h5-7H,2-4,10-11H2,1H3;1H. The summed E-state index contributed by atoms with van der Waals surface area (Å²) < 4.78 is 5.16. The summed E-state index contributed by atoms with van der Waals surface area (Å²) in [4.78, 5) is 4.26. The van der Waals surface area contributed by atoms with Gasteiger partial charge in [-0.15, -0.1) is 12.4 Å². The largest absolute Gasteiger partial charge is 0.339 e. The summed E-state index contributed by atoms with van der Waals surface area (Å²) in [5, 5.41) is 3.83. The average molecular weight is 233 g/mol. The van der Waals surface area contributed by atoms with Crippen LogP contribution in [0.3, 0.4) is 0 Å². The zero-order chi connectivity index (χ0) is 10.1. The van der Waals surface area contributed by atoms with Gasteiger partial charge in [-0.25, -0.2) is 0 Å². The van der Waals surface area contributed by atoms with Gasteiger partial charge in [0.15, 0.2) is 5.82 Å². The van der Waals surface area contributed by atoms with E-state index in [0.717, 1.165) is 19.3 Å². The third kappa shape index (κ3) is 2.48. The normalized spacial score (nSPS) is 27.4. The number of rotatable bonds is 2. The quantitative estimate of drug-likeness (QED) is 0.797. The SMILES string of the molecule is CC(N)c1noc(C2CCCC2N)n1.Cl. The van der Waals surface area contributed by atoms with Crippen LogP contribution in [0.5, 0.6) is 0 Å². The lowest BCUT2D eigenvalue weighted by atomic mass is 10.1. The van der Waals surface area contributed by atoms with Gasteiger partial charge in [-0.1, -0.05) is 11.6 Å². The van der Waals surface area contributed by atoms with Crippen molar-refractivity contribution in [1.82, 2.24) is 10.1 Å². The minimum absolute atomic E-state index is 0. The number of hydrogen-bond donors (Lipinski definition) is 2. The topological polar surface area (TPSA) is 91.0 Å². The third-order valence-corrected chi connectivity index (χ3v) is 2.75. The molecule has 1 aliphatic rings. The van der Waals surface area contributed by atoms with Gasteiger partial charge in [0.1, 0.15) is 0 Å². The molecule has 6 heteroatoms. The van der Waals surface area contributed by atoms with Crippen molar-refractivity contribution < 1.29 is 4.52 Å². The van der Waals surface area contributed by atoms with Gasteiger partial charge in [0.25, 0.3) is 0 Å². The first-order valence-corrected chi connectivity index (χ1v) is 5.03. The van der Waals surface area contributed by atoms with Crippen molar-refractivity contribution in [2.75, 3.05) is 0 Å². The molecule has 1 saturated carbocycles. The summed E-state index contributed by atoms with van der Waals surface area (Å²) in [6, 6.07) is -0.0125. The molecule has 15 heavy (non-hydrogen) atoms. The molecule has 3 unspecified atom stereocenters. The minimum Gasteiger partial charge on any atom is -0.339 e. The first-order valence-electron chi connectivity index (χ1n) is 5.03. The summed E-state index contributed by atoms with van der Waals surface area (Å²) in [5.41, 5.74) is 11.6. The maximum Gasteiger partial charge on any atom is 0.231 e. The van der Waals surface area contributed by atoms with Gasteiger partial charge in [0, 0.05) is 6.04 Å². The van der Waals surface area contributed by atoms with E-state index in [0.29, 0.717) is 11.7 Å². The van der Waals surface area contributed by atoms with Crippen LogP contribution in [0.2, 0.25) is 0 Å². The lowest BCUT2D eigenvalue weighted by Crippen LogP contribution is -2.23. The van der Waals surface area contributed by atoms with Gasteiger partial charge in [-0.2, -0.15) is 4.98 Å². The highest BCUT2D eigenvalue weighted by Crippen LogP contribution is 2.32. The van der Waals surface area contributed by atoms with E-state index in [2.05, 4.69) is 10.1 Å². The first kappa shape index (κ1) is 12.4. The average Bonchev–Trinajstić information content (AvgIpc) is 2.71. The smallest absolute Gasteiger partial charge is 0.231 e. The van der Waals surface area contributed by atoms with Crippen LogP contribution in [0.1, 0.15) is 49.9 Å². The molecule has 1 heterocycles. The molecule has 0 radical (unpaired) electrons. The number of halogens is 1. The molecule has 0 aliphatic heterocycles. The molecule has 0 bridgehead atoms. The van der Waals surface area contributed by atoms with Crippen molar-refractivity contribution in [3.8, 4) is 0 Å². The summed E-state index contributed by atoms with van der Waals surface area (Å²) >= 11 is 0. The molecule has 1 aliphatic carbocycles. The van der Waals surface area contributed by atoms with E-state index in [-0.39, 0.29) is 30.4 Å². The number of hydrogen-bond acceptors (Lipinski definition) is 5. The van der Waals surface area contributed by atoms with Crippen molar-refractivity contribution in [2.24, 2.45) is 11.5 Å². The Labute approximate surface area is 95.0 Å². The van der Waals surface area contributed by atoms with Crippen molar-refractivity contribution in [3.05, 3.63) is 11.7 Å². The molecule has 5 nitrogen and oxygen atoms in total. The van der Waals surface area contributed by atoms with E-state index >= 15 is 0 Å². The van der Waals surface area contributed by atoms with E-state index in [1.165, 1.54) is 0 Å². The second-order valence-electron chi connectivity index (χ2n) is 3.98. The van der Waals surface area contributed by atoms with Gasteiger partial charge < -0.3 is 16.0 Å². The molecule has 0 spiro atoms. The molecule has 0 saturated heterocycles. The fourth-order valence-corrected chi connectivity index (χ4v) is 1.88. The zero-order valence-corrected chi connectivity index (χ0v) is 9.54. The van der Waals surface area contributed by atoms with Crippen LogP contribution in [0, 0.1) is 0 Å². The molecule has 86 valence electrons. The molecule has 1 fully saturated rings. The van der Waals surface area contributed by atoms with Crippen LogP contribution in [-0.2, 0) is 0 Å². The Hall–Kier alpha value is -0.650. The maximum absolute atomic E-state index is 5.94. The molecule has 3 atom stereocenters. The Morgan fingerprint density at radius 1 is 1.47 bits per heavy atom. The Morgan fingerprint density at radius 2 is 2.20 bits per heavy atom. The van der Waals surface area contributed by atoms with Gasteiger partial charge in [0.2, 0.25) is 5.89 Å². The van der Waals surface area contributed by atoms with Crippen molar-refractivity contribution in [3.63, 3.8) is 0 Å². The third-order valence-electron chi connectivity index (χ3n) is 2.75. The molecular weight excluding hydrogens is 216 g/mol. The van der Waals surface area contributed by atoms with Crippen molar-refractivity contribution in [2.45, 2.75) is 44.2 Å². The van der Waals surface area contributed by atoms with E-state index in [9.17, 15) is 0 Å². The molecule has 1 aromatic heterocycles. The van der Waals surface area contributed by atoms with E-state index in [1.807, 2.05) is 6.92 Å². The lowest BCUT2D eigenvalue weighted by Gasteiger charge is -2.08. The summed E-state index contributed by atoms with van der Waals surface area (Å²) in [7, 11) is 0. The van der Waals surface area contributed by atoms with Gasteiger partial charge in [-0.05, 0) is 19.8 Å². The highest BCUT2D eigenvalue weighted by molar-refractivity contribution is 5.85. The predicted octanol–water partition coefficient (Wildman–Crippen LogP) is 1.11. The van der Waals surface area contributed by atoms with E-state index in [4.69, 9.17) is 16.0 Å². The monoisotopic (exact) mass is 232 g/mol. The number of nitrogens with two attached hydrogens (primary N) is 2. The van der Waals surface area contributed by atoms with E-state index < -0.39 is 0 Å². The molecule has 4 N–H and O–H groups in total. The molecule has 2 rings (SSSR count). The van der Waals surface area contributed by atoms with Crippen LogP contribution in [0.4, 0.5) is 0 Å². The van der Waals surface area contributed by atoms with Crippen LogP contribution in [0.25, 0.3) is 0 Å². The fraction of sp³-hybridized carbons (Fsp3) is 0.778. The highest BCUT2D eigenvalue weighted by atomic mass is 35.5. The van der Waals surface area contributed by atoms with Gasteiger partial charge in [0.05, 0.1) is 12.0 Å². The second kappa shape index (κ2) is 4.92. The van der Waals surface area contributed by atoms with E-state index in [1.54, 1.807) is 0 Å². The van der Waals surface area contributed by atoms with Crippen molar-refractivity contribution in [1.29, 1.82) is 0 Å². The zero-order valence-electron chi connectivity index (χ0n) is 8.72. The Morgan fingerprint density at radius 3 is 2.67 bits per heavy atom. The Bertz CT molecular complexity index is 315. The molecule has 0 aromatic carbocycles. The fourth-order valence-electron chi connectivity index (χ4n) is 1.88. The van der Waals surface area contributed by atoms with Crippen LogP contribution < -0.4 is 11.5 Å². The van der Waals surface area contributed by atoms with Crippen LogP contribution >= 0.6 is 12.4 Å². The minimum atomic E-state index is -0.176. The number of aromatic nitrogens is 2. The summed E-state index contributed by atoms with van der Waals surface area (Å²) in [6.45, 7) is 1.84. The second-order valence-corrected chi connectivity index (χ2v) is 3.98. The van der Waals surface area contributed by atoms with Crippen molar-refractivity contribution >= 4 is 12.4 Å². The molecule has 1 aromatic rings. The van der Waals surface area contributed by atoms with Crippen LogP contribution in [-0.4, -0.2) is 16.2 Å². The van der Waals surface area contributed by atoms with Gasteiger partial charge >= 0.3 is 0 Å². The Kier molecular flexibility index (Phi) is 4.07. The first-order chi connectivity index (χ1) is 6.68. The molecule has 0 amide bonds. The maximum atomic E-state index is 5.94. The highest BCUT2D eigenvalue weighted by Gasteiger charge is 2.30. The number of nitrogens with zero attached hydrogens (tertiary/aromatic N) is 2. The lowest BCUT2D eigenvalue weighted by molar-refractivity contribution is 0.340. The predicted molar refractivity (Wildman–Crippen MR) is 58.7 cm³/mol. The van der Waals surface area contributed by atoms with Gasteiger partial charge in [-0.3, -0.25) is 0 Å². The summed E-state index contributed by atoms with van der Waals surface area (Å²) in [5.74, 6) is 1.46. The summed E-state index contributed by atoms with van der Waals surface area (Å²) in [6.07, 6.45) is 3.23. The van der Waals surface area contributed by atoms with Crippen LogP contribution in [0.15, 0.2) is 4.52 Å². The Balaban J connectivity index is 0.00000112.